The van der Waals surface area contributed by atoms with Crippen molar-refractivity contribution in [1.29, 1.82) is 0 Å². The average Bonchev–Trinajstić information content (AvgIpc) is 3.49. The highest BCUT2D eigenvalue weighted by molar-refractivity contribution is 7.98. The highest BCUT2D eigenvalue weighted by atomic mass is 32.2. The van der Waals surface area contributed by atoms with Crippen molar-refractivity contribution in [1.82, 2.24) is 25.0 Å². The maximum atomic E-state index is 5.90. The van der Waals surface area contributed by atoms with Crippen molar-refractivity contribution in [2.75, 3.05) is 13.7 Å². The van der Waals surface area contributed by atoms with Gasteiger partial charge in [-0.1, -0.05) is 49.0 Å². The van der Waals surface area contributed by atoms with Crippen LogP contribution in [0.4, 0.5) is 0 Å². The van der Waals surface area contributed by atoms with E-state index in [1.54, 1.807) is 18.4 Å². The molecular weight excluding hydrogens is 418 g/mol. The van der Waals surface area contributed by atoms with Gasteiger partial charge in [-0.15, -0.1) is 31.7 Å². The number of nitrogens with zero attached hydrogens (tertiary/aromatic N) is 5. The maximum Gasteiger partial charge on any atom is 0.257 e. The molecule has 0 fully saturated rings. The van der Waals surface area contributed by atoms with Crippen LogP contribution < -0.4 is 0 Å². The van der Waals surface area contributed by atoms with Gasteiger partial charge < -0.3 is 9.15 Å². The van der Waals surface area contributed by atoms with Crippen LogP contribution in [0.5, 0.6) is 0 Å². The minimum absolute atomic E-state index is 0.526. The summed E-state index contributed by atoms with van der Waals surface area (Å²) in [4.78, 5) is 2.36. The van der Waals surface area contributed by atoms with Crippen LogP contribution in [-0.2, 0) is 23.5 Å². The van der Waals surface area contributed by atoms with Gasteiger partial charge in [0.05, 0.1) is 23.8 Å². The first-order chi connectivity index (χ1) is 14.7. The second kappa shape index (κ2) is 9.55. The molecule has 0 aliphatic heterocycles. The fourth-order valence-electron chi connectivity index (χ4n) is 3.09. The van der Waals surface area contributed by atoms with Crippen LogP contribution in [-0.4, -0.2) is 38.7 Å². The van der Waals surface area contributed by atoms with Gasteiger partial charge in [-0.2, -0.15) is 0 Å². The second-order valence-electron chi connectivity index (χ2n) is 6.68. The van der Waals surface area contributed by atoms with E-state index in [1.807, 2.05) is 30.3 Å². The largest absolute Gasteiger partial charge is 0.419 e. The quantitative estimate of drug-likeness (QED) is 0.343. The highest BCUT2D eigenvalue weighted by Gasteiger charge is 2.17. The number of hydrogen-bond acceptors (Lipinski definition) is 8. The van der Waals surface area contributed by atoms with E-state index in [0.29, 0.717) is 30.7 Å². The molecule has 3 heterocycles. The van der Waals surface area contributed by atoms with Gasteiger partial charge in [0, 0.05) is 17.6 Å². The zero-order valence-corrected chi connectivity index (χ0v) is 18.8. The zero-order chi connectivity index (χ0) is 20.9. The Morgan fingerprint density at radius 2 is 1.97 bits per heavy atom. The predicted molar refractivity (Wildman–Crippen MR) is 119 cm³/mol. The van der Waals surface area contributed by atoms with Gasteiger partial charge in [0.15, 0.2) is 11.0 Å². The number of aryl methyl sites for hydroxylation is 2. The van der Waals surface area contributed by atoms with Crippen LogP contribution >= 0.6 is 23.1 Å². The van der Waals surface area contributed by atoms with Crippen molar-refractivity contribution in [3.63, 3.8) is 0 Å². The molecule has 0 atom stereocenters. The van der Waals surface area contributed by atoms with Gasteiger partial charge in [-0.05, 0) is 25.0 Å². The molecule has 0 aliphatic carbocycles. The summed E-state index contributed by atoms with van der Waals surface area (Å²) in [5.74, 6) is 2.49. The fourth-order valence-corrected chi connectivity index (χ4v) is 4.93. The minimum Gasteiger partial charge on any atom is -0.419 e. The van der Waals surface area contributed by atoms with E-state index < -0.39 is 0 Å². The molecule has 0 bridgehead atoms. The SMILES string of the molecule is CCc1sc(-c2nnc(CSc3nnc(-c4ccccc4)n3CCOC)o2)cc1C. The Morgan fingerprint density at radius 1 is 1.13 bits per heavy atom. The average molecular weight is 442 g/mol. The molecule has 1 aromatic carbocycles. The summed E-state index contributed by atoms with van der Waals surface area (Å²) in [5, 5.41) is 18.0. The number of rotatable bonds is 9. The van der Waals surface area contributed by atoms with Gasteiger partial charge in [0.1, 0.15) is 0 Å². The number of aromatic nitrogens is 5. The monoisotopic (exact) mass is 441 g/mol. The van der Waals surface area contributed by atoms with Gasteiger partial charge >= 0.3 is 0 Å². The van der Waals surface area contributed by atoms with E-state index in [-0.39, 0.29) is 0 Å². The zero-order valence-electron chi connectivity index (χ0n) is 17.2. The summed E-state index contributed by atoms with van der Waals surface area (Å²) in [7, 11) is 1.69. The number of thiophene rings is 1. The molecule has 4 aromatic rings. The molecule has 0 N–H and O–H groups in total. The third-order valence-corrected chi connectivity index (χ3v) is 6.93. The lowest BCUT2D eigenvalue weighted by atomic mass is 10.2. The summed E-state index contributed by atoms with van der Waals surface area (Å²) in [6.07, 6.45) is 1.01. The summed E-state index contributed by atoms with van der Waals surface area (Å²) in [6, 6.07) is 12.1. The fraction of sp³-hybridized carbons (Fsp3) is 0.333. The van der Waals surface area contributed by atoms with Crippen molar-refractivity contribution in [2.45, 2.75) is 37.7 Å². The molecule has 4 rings (SSSR count). The molecule has 3 aromatic heterocycles. The Hall–Kier alpha value is -2.49. The standard InChI is InChI=1S/C21H23N5O2S2/c1-4-16-14(2)12-17(30-16)20-24-22-18(28-20)13-29-21-25-23-19(26(21)10-11-27-3)15-8-6-5-7-9-15/h5-9,12H,4,10-11,13H2,1-3H3. The van der Waals surface area contributed by atoms with Gasteiger partial charge in [-0.25, -0.2) is 0 Å². The number of ether oxygens (including phenoxy) is 1. The summed E-state index contributed by atoms with van der Waals surface area (Å²) in [5.41, 5.74) is 2.29. The topological polar surface area (TPSA) is 78.9 Å². The predicted octanol–water partition coefficient (Wildman–Crippen LogP) is 4.87. The lowest BCUT2D eigenvalue weighted by Gasteiger charge is -2.09. The molecule has 0 unspecified atom stereocenters. The summed E-state index contributed by atoms with van der Waals surface area (Å²) >= 11 is 3.24. The summed E-state index contributed by atoms with van der Waals surface area (Å²) in [6.45, 7) is 5.51. The van der Waals surface area contributed by atoms with Gasteiger partial charge in [0.25, 0.3) is 5.89 Å². The van der Waals surface area contributed by atoms with Gasteiger partial charge in [0.2, 0.25) is 5.89 Å². The maximum absolute atomic E-state index is 5.90. The van der Waals surface area contributed by atoms with Crippen molar-refractivity contribution in [3.8, 4) is 22.2 Å². The van der Waals surface area contributed by atoms with Crippen LogP contribution in [0.2, 0.25) is 0 Å². The molecular formula is C21H23N5O2S2. The molecule has 0 spiro atoms. The molecule has 7 nitrogen and oxygen atoms in total. The van der Waals surface area contributed by atoms with Crippen LogP contribution in [0.15, 0.2) is 46.0 Å². The number of thioether (sulfide) groups is 1. The van der Waals surface area contributed by atoms with E-state index in [2.05, 4.69) is 44.9 Å². The molecule has 156 valence electrons. The van der Waals surface area contributed by atoms with Crippen molar-refractivity contribution in [3.05, 3.63) is 52.7 Å². The third kappa shape index (κ3) is 4.48. The lowest BCUT2D eigenvalue weighted by molar-refractivity contribution is 0.185. The molecule has 30 heavy (non-hydrogen) atoms. The molecule has 9 heteroatoms. The molecule has 0 saturated carbocycles. The minimum atomic E-state index is 0.526. The van der Waals surface area contributed by atoms with E-state index in [1.165, 1.54) is 22.2 Å². The first-order valence-electron chi connectivity index (χ1n) is 9.72. The van der Waals surface area contributed by atoms with Crippen LogP contribution in [0.25, 0.3) is 22.2 Å². The van der Waals surface area contributed by atoms with Gasteiger partial charge in [-0.3, -0.25) is 4.57 Å². The van der Waals surface area contributed by atoms with E-state index in [9.17, 15) is 0 Å². The number of methoxy groups -OCH3 is 1. The Labute approximate surface area is 183 Å². The summed E-state index contributed by atoms with van der Waals surface area (Å²) < 4.78 is 13.2. The van der Waals surface area contributed by atoms with Crippen LogP contribution in [0.3, 0.4) is 0 Å². The highest BCUT2D eigenvalue weighted by Crippen LogP contribution is 2.32. The van der Waals surface area contributed by atoms with Crippen LogP contribution in [0, 0.1) is 6.92 Å². The Kier molecular flexibility index (Phi) is 6.61. The molecule has 0 radical (unpaired) electrons. The smallest absolute Gasteiger partial charge is 0.257 e. The Bertz CT molecular complexity index is 1100. The van der Waals surface area contributed by atoms with Crippen molar-refractivity contribution >= 4 is 23.1 Å². The van der Waals surface area contributed by atoms with Crippen LogP contribution in [0.1, 0.15) is 23.3 Å². The van der Waals surface area contributed by atoms with E-state index in [0.717, 1.165) is 27.8 Å². The van der Waals surface area contributed by atoms with E-state index in [4.69, 9.17) is 9.15 Å². The number of hydrogen-bond donors (Lipinski definition) is 0. The first-order valence-corrected chi connectivity index (χ1v) is 11.5. The normalized spacial score (nSPS) is 11.3. The van der Waals surface area contributed by atoms with Crippen molar-refractivity contribution < 1.29 is 9.15 Å². The Balaban J connectivity index is 1.51. The first kappa shape index (κ1) is 20.8. The number of benzene rings is 1. The molecule has 0 aliphatic rings. The lowest BCUT2D eigenvalue weighted by Crippen LogP contribution is -2.07. The molecule has 0 saturated heterocycles. The van der Waals surface area contributed by atoms with Crippen molar-refractivity contribution in [2.24, 2.45) is 0 Å². The van der Waals surface area contributed by atoms with E-state index >= 15 is 0 Å². The third-order valence-electron chi connectivity index (χ3n) is 4.61. The Morgan fingerprint density at radius 3 is 2.70 bits per heavy atom. The molecule has 0 amide bonds. The second-order valence-corrected chi connectivity index (χ2v) is 8.76.